The van der Waals surface area contributed by atoms with E-state index in [9.17, 15) is 16.8 Å². The van der Waals surface area contributed by atoms with Gasteiger partial charge in [0.2, 0.25) is 0 Å². The normalized spacial score (nSPS) is 11.9. The monoisotopic (exact) mass is 634 g/mol. The van der Waals surface area contributed by atoms with Crippen molar-refractivity contribution in [1.29, 1.82) is 0 Å². The first kappa shape index (κ1) is 31.0. The molecule has 8 nitrogen and oxygen atoms in total. The molecule has 0 saturated carbocycles. The summed E-state index contributed by atoms with van der Waals surface area (Å²) in [5, 5.41) is 6.62. The van der Waals surface area contributed by atoms with Crippen LogP contribution in [0.4, 0.5) is 5.69 Å². The zero-order chi connectivity index (χ0) is 29.6. The Balaban J connectivity index is 1.67. The molecule has 0 atom stereocenters. The number of fused-ring (bicyclic) bond motifs is 1. The molecule has 0 saturated heterocycles. The molecule has 0 aliphatic rings. The van der Waals surface area contributed by atoms with Crippen LogP contribution < -0.4 is 20.7 Å². The predicted molar refractivity (Wildman–Crippen MR) is 168 cm³/mol. The average Bonchev–Trinajstić information content (AvgIpc) is 3.24. The van der Waals surface area contributed by atoms with Gasteiger partial charge in [-0.15, -0.1) is 11.3 Å². The Hall–Kier alpha value is -2.93. The lowest BCUT2D eigenvalue weighted by Crippen LogP contribution is -2.21. The van der Waals surface area contributed by atoms with Crippen LogP contribution in [0.1, 0.15) is 23.3 Å². The molecule has 0 fully saturated rings. The highest BCUT2D eigenvalue weighted by molar-refractivity contribution is 7.86. The number of thiophene rings is 1. The van der Waals surface area contributed by atoms with Crippen LogP contribution in [-0.4, -0.2) is 57.6 Å². The summed E-state index contributed by atoms with van der Waals surface area (Å²) in [5.41, 5.74) is 2.86. The van der Waals surface area contributed by atoms with Crippen molar-refractivity contribution in [3.05, 3.63) is 98.7 Å². The van der Waals surface area contributed by atoms with Gasteiger partial charge in [-0.05, 0) is 47.0 Å². The number of benzene rings is 3. The molecule has 0 aliphatic carbocycles. The summed E-state index contributed by atoms with van der Waals surface area (Å²) in [4.78, 5) is 2.89. The van der Waals surface area contributed by atoms with Gasteiger partial charge in [-0.1, -0.05) is 66.2 Å². The molecule has 0 amide bonds. The van der Waals surface area contributed by atoms with Gasteiger partial charge in [0, 0.05) is 47.7 Å². The van der Waals surface area contributed by atoms with Gasteiger partial charge < -0.3 is 10.2 Å². The van der Waals surface area contributed by atoms with Crippen molar-refractivity contribution in [3.63, 3.8) is 0 Å². The SMILES string of the molecule is CN(CCCS(=O)(=O)O)c1ccc(C(c2sc3ccccc3c2Cl)=c2ccc(=CNCCCS(=O)(=O)O)cc2)cc1. The molecule has 3 N–H and O–H groups in total. The second-order valence-electron chi connectivity index (χ2n) is 9.58. The summed E-state index contributed by atoms with van der Waals surface area (Å²) in [6.45, 7) is 0.882. The van der Waals surface area contributed by atoms with E-state index in [0.717, 1.165) is 42.2 Å². The van der Waals surface area contributed by atoms with Gasteiger partial charge in [0.05, 0.1) is 21.4 Å². The van der Waals surface area contributed by atoms with Crippen molar-refractivity contribution >= 4 is 70.7 Å². The topological polar surface area (TPSA) is 124 Å². The number of hydrogen-bond donors (Lipinski definition) is 3. The predicted octanol–water partition coefficient (Wildman–Crippen LogP) is 4.12. The molecular weight excluding hydrogens is 604 g/mol. The van der Waals surface area contributed by atoms with Gasteiger partial charge in [0.15, 0.2) is 0 Å². The molecule has 218 valence electrons. The maximum Gasteiger partial charge on any atom is 0.264 e. The summed E-state index contributed by atoms with van der Waals surface area (Å²) in [7, 11) is -6.09. The lowest BCUT2D eigenvalue weighted by atomic mass is 10.00. The Labute approximate surface area is 249 Å². The molecule has 4 rings (SSSR count). The van der Waals surface area contributed by atoms with Crippen LogP contribution in [0.2, 0.25) is 5.02 Å². The molecule has 0 spiro atoms. The quantitative estimate of drug-likeness (QED) is 0.157. The maximum absolute atomic E-state index is 11.1. The standard InChI is InChI=1S/C29H31ClN2O6S3/c1-32(17-5-19-41(36,37)38)24-14-12-23(13-15-24)27(29-28(30)25-6-2-3-7-26(25)39-29)22-10-8-21(9-11-22)20-31-16-4-18-40(33,34)35/h2-3,6-15,20,31H,4-5,16-19H2,1H3,(H,33,34,35)(H,36,37,38). The van der Waals surface area contributed by atoms with Gasteiger partial charge in [0.25, 0.3) is 20.2 Å². The summed E-state index contributed by atoms with van der Waals surface area (Å²) >= 11 is 8.55. The molecule has 3 aromatic carbocycles. The summed E-state index contributed by atoms with van der Waals surface area (Å²) < 4.78 is 62.8. The highest BCUT2D eigenvalue weighted by Crippen LogP contribution is 2.40. The summed E-state index contributed by atoms with van der Waals surface area (Å²) in [6.07, 6.45) is 2.40. The molecule has 0 radical (unpaired) electrons. The lowest BCUT2D eigenvalue weighted by molar-refractivity contribution is 0.479. The fraction of sp³-hybridized carbons (Fsp3) is 0.241. The third-order valence-corrected chi connectivity index (χ3v) is 9.75. The zero-order valence-electron chi connectivity index (χ0n) is 22.3. The first-order chi connectivity index (χ1) is 19.4. The van der Waals surface area contributed by atoms with Crippen molar-refractivity contribution < 1.29 is 25.9 Å². The van der Waals surface area contributed by atoms with Crippen molar-refractivity contribution in [2.45, 2.75) is 12.8 Å². The fourth-order valence-electron chi connectivity index (χ4n) is 4.39. The Morgan fingerprint density at radius 1 is 0.902 bits per heavy atom. The highest BCUT2D eigenvalue weighted by Gasteiger charge is 2.17. The Morgan fingerprint density at radius 3 is 2.17 bits per heavy atom. The van der Waals surface area contributed by atoms with E-state index in [1.165, 1.54) is 0 Å². The Kier molecular flexibility index (Phi) is 10.1. The molecule has 4 aromatic rings. The van der Waals surface area contributed by atoms with E-state index in [-0.39, 0.29) is 11.5 Å². The number of nitrogens with zero attached hydrogens (tertiary/aromatic N) is 1. The van der Waals surface area contributed by atoms with Gasteiger partial charge in [0.1, 0.15) is 0 Å². The minimum atomic E-state index is -3.99. The van der Waals surface area contributed by atoms with E-state index in [4.69, 9.17) is 20.7 Å². The first-order valence-corrected chi connectivity index (χ1v) is 17.3. The van der Waals surface area contributed by atoms with E-state index in [0.29, 0.717) is 31.0 Å². The molecule has 0 unspecified atom stereocenters. The van der Waals surface area contributed by atoms with Gasteiger partial charge >= 0.3 is 0 Å². The highest BCUT2D eigenvalue weighted by atomic mass is 35.5. The summed E-state index contributed by atoms with van der Waals surface area (Å²) in [6, 6.07) is 23.9. The summed E-state index contributed by atoms with van der Waals surface area (Å²) in [5.74, 6) is -0.578. The molecule has 12 heteroatoms. The molecule has 0 aliphatic heterocycles. The third kappa shape index (κ3) is 8.78. The number of rotatable bonds is 12. The molecule has 0 bridgehead atoms. The average molecular weight is 635 g/mol. The lowest BCUT2D eigenvalue weighted by Gasteiger charge is -2.19. The van der Waals surface area contributed by atoms with Crippen LogP contribution in [0, 0.1) is 0 Å². The van der Waals surface area contributed by atoms with Gasteiger partial charge in [-0.25, -0.2) is 0 Å². The minimum absolute atomic E-state index is 0.286. The van der Waals surface area contributed by atoms with Crippen LogP contribution in [0.5, 0.6) is 0 Å². The Bertz CT molecular complexity index is 1830. The third-order valence-electron chi connectivity index (χ3n) is 6.45. The second-order valence-corrected chi connectivity index (χ2v) is 14.2. The first-order valence-electron chi connectivity index (χ1n) is 12.8. The Morgan fingerprint density at radius 2 is 1.54 bits per heavy atom. The van der Waals surface area contributed by atoms with Crippen molar-refractivity contribution in [1.82, 2.24) is 5.32 Å². The van der Waals surface area contributed by atoms with Crippen LogP contribution in [0.15, 0.2) is 72.8 Å². The van der Waals surface area contributed by atoms with Crippen LogP contribution in [0.25, 0.3) is 21.9 Å². The fourth-order valence-corrected chi connectivity index (χ4v) is 7.01. The van der Waals surface area contributed by atoms with E-state index in [2.05, 4.69) is 5.32 Å². The molecule has 1 aromatic heterocycles. The number of halogens is 1. The van der Waals surface area contributed by atoms with E-state index < -0.39 is 20.2 Å². The van der Waals surface area contributed by atoms with Crippen LogP contribution in [-0.2, 0) is 20.2 Å². The van der Waals surface area contributed by atoms with Crippen molar-refractivity contribution in [2.75, 3.05) is 36.5 Å². The largest absolute Gasteiger partial charge is 0.390 e. The van der Waals surface area contributed by atoms with Gasteiger partial charge in [-0.2, -0.15) is 16.8 Å². The van der Waals surface area contributed by atoms with Crippen LogP contribution in [0.3, 0.4) is 0 Å². The number of nitrogens with one attached hydrogen (secondary N) is 1. The van der Waals surface area contributed by atoms with E-state index in [1.54, 1.807) is 17.5 Å². The second kappa shape index (κ2) is 13.4. The van der Waals surface area contributed by atoms with Crippen molar-refractivity contribution in [3.8, 4) is 0 Å². The number of hydrogen-bond acceptors (Lipinski definition) is 7. The van der Waals surface area contributed by atoms with Crippen molar-refractivity contribution in [2.24, 2.45) is 0 Å². The smallest absolute Gasteiger partial charge is 0.264 e. The van der Waals surface area contributed by atoms with Crippen LogP contribution >= 0.6 is 22.9 Å². The molecule has 1 heterocycles. The van der Waals surface area contributed by atoms with E-state index in [1.807, 2.05) is 84.7 Å². The maximum atomic E-state index is 11.1. The molecule has 41 heavy (non-hydrogen) atoms. The van der Waals surface area contributed by atoms with Gasteiger partial charge in [-0.3, -0.25) is 9.11 Å². The van der Waals surface area contributed by atoms with E-state index >= 15 is 0 Å². The number of anilines is 1. The zero-order valence-corrected chi connectivity index (χ0v) is 25.5. The minimum Gasteiger partial charge on any atom is -0.390 e. The molecular formula is C29H31ClN2O6S3.